The van der Waals surface area contributed by atoms with E-state index in [0.717, 1.165) is 6.42 Å². The predicted molar refractivity (Wildman–Crippen MR) is 68.7 cm³/mol. The Kier molecular flexibility index (Phi) is 4.32. The maximum atomic E-state index is 6.11. The molecule has 4 nitrogen and oxygen atoms in total. The third kappa shape index (κ3) is 3.05. The molecule has 3 fully saturated rings. The first-order valence-electron chi connectivity index (χ1n) is 6.98. The Bertz CT molecular complexity index is 279. The Balaban J connectivity index is 2.02. The molecule has 3 saturated heterocycles. The Morgan fingerprint density at radius 2 is 1.94 bits per heavy atom. The van der Waals surface area contributed by atoms with Crippen LogP contribution in [-0.2, 0) is 18.9 Å². The van der Waals surface area contributed by atoms with Gasteiger partial charge in [0, 0.05) is 6.42 Å². The van der Waals surface area contributed by atoms with Crippen LogP contribution in [0.15, 0.2) is 0 Å². The fourth-order valence-corrected chi connectivity index (χ4v) is 2.81. The highest BCUT2D eigenvalue weighted by atomic mass is 16.6. The fraction of sp³-hybridized carbons (Fsp3) is 1.00. The first kappa shape index (κ1) is 14.3. The van der Waals surface area contributed by atoms with Gasteiger partial charge in [-0.15, -0.1) is 0 Å². The van der Waals surface area contributed by atoms with Gasteiger partial charge < -0.3 is 18.9 Å². The minimum atomic E-state index is -0.321. The second-order valence-corrected chi connectivity index (χ2v) is 6.07. The molecule has 0 unspecified atom stereocenters. The Hall–Kier alpha value is -0.160. The van der Waals surface area contributed by atoms with Gasteiger partial charge in [-0.25, -0.2) is 0 Å². The maximum absolute atomic E-state index is 6.11. The van der Waals surface area contributed by atoms with Crippen LogP contribution in [-0.4, -0.2) is 49.3 Å². The van der Waals surface area contributed by atoms with Crippen LogP contribution in [0.1, 0.15) is 41.0 Å². The van der Waals surface area contributed by atoms with E-state index in [0.29, 0.717) is 13.2 Å². The van der Waals surface area contributed by atoms with E-state index in [9.17, 15) is 0 Å². The number of rotatable bonds is 5. The van der Waals surface area contributed by atoms with Crippen molar-refractivity contribution in [3.05, 3.63) is 0 Å². The van der Waals surface area contributed by atoms with E-state index in [1.165, 1.54) is 0 Å². The summed E-state index contributed by atoms with van der Waals surface area (Å²) in [6.45, 7) is 11.5. The van der Waals surface area contributed by atoms with Gasteiger partial charge >= 0.3 is 0 Å². The quantitative estimate of drug-likeness (QED) is 0.757. The summed E-state index contributed by atoms with van der Waals surface area (Å²) in [5, 5.41) is 0. The van der Waals surface area contributed by atoms with Crippen molar-refractivity contribution in [3.63, 3.8) is 0 Å². The van der Waals surface area contributed by atoms with Crippen molar-refractivity contribution >= 4 is 0 Å². The van der Waals surface area contributed by atoms with Crippen molar-refractivity contribution in [2.24, 2.45) is 0 Å². The van der Waals surface area contributed by atoms with Gasteiger partial charge in [0.1, 0.15) is 11.7 Å². The summed E-state index contributed by atoms with van der Waals surface area (Å²) >= 11 is 0. The van der Waals surface area contributed by atoms with Crippen molar-refractivity contribution in [2.75, 3.05) is 13.2 Å². The lowest BCUT2D eigenvalue weighted by Crippen LogP contribution is -2.65. The van der Waals surface area contributed by atoms with Gasteiger partial charge in [0.15, 0.2) is 0 Å². The largest absolute Gasteiger partial charge is 0.376 e. The predicted octanol–water partition coefficient (Wildman–Crippen LogP) is 2.15. The number of hydrogen-bond acceptors (Lipinski definition) is 4. The molecule has 0 aromatic rings. The summed E-state index contributed by atoms with van der Waals surface area (Å²) in [4.78, 5) is 0. The Morgan fingerprint density at radius 3 is 2.50 bits per heavy atom. The zero-order valence-corrected chi connectivity index (χ0v) is 12.1. The zero-order valence-electron chi connectivity index (χ0n) is 12.1. The van der Waals surface area contributed by atoms with Gasteiger partial charge in [0.2, 0.25) is 0 Å². The van der Waals surface area contributed by atoms with E-state index in [-0.39, 0.29) is 36.1 Å². The standard InChI is InChI=1S/C14H26O4/c1-9(2)15-7-14-6-12(17-10(3)4)13(16-8-14)11(5)18-14/h9-13H,6-8H2,1-5H3/t11-,12-,13-,14+/m0/s1. The van der Waals surface area contributed by atoms with Crippen molar-refractivity contribution < 1.29 is 18.9 Å². The molecule has 3 heterocycles. The van der Waals surface area contributed by atoms with Crippen molar-refractivity contribution in [1.82, 2.24) is 0 Å². The molecule has 0 N–H and O–H groups in total. The molecule has 4 heteroatoms. The average Bonchev–Trinajstić information content (AvgIpc) is 2.26. The molecule has 18 heavy (non-hydrogen) atoms. The molecule has 106 valence electrons. The second-order valence-electron chi connectivity index (χ2n) is 6.07. The molecule has 0 aromatic carbocycles. The molecule has 3 aliphatic heterocycles. The van der Waals surface area contributed by atoms with Crippen molar-refractivity contribution in [1.29, 1.82) is 0 Å². The molecule has 0 aromatic heterocycles. The highest BCUT2D eigenvalue weighted by Crippen LogP contribution is 2.39. The van der Waals surface area contributed by atoms with Gasteiger partial charge in [0.05, 0.1) is 37.6 Å². The van der Waals surface area contributed by atoms with E-state index < -0.39 is 0 Å². The van der Waals surface area contributed by atoms with E-state index in [1.807, 2.05) is 13.8 Å². The van der Waals surface area contributed by atoms with Gasteiger partial charge in [-0.2, -0.15) is 0 Å². The van der Waals surface area contributed by atoms with E-state index in [2.05, 4.69) is 20.8 Å². The summed E-state index contributed by atoms with van der Waals surface area (Å²) in [6, 6.07) is 0. The lowest BCUT2D eigenvalue weighted by Gasteiger charge is -2.53. The molecule has 2 bridgehead atoms. The normalized spacial score (nSPS) is 39.8. The van der Waals surface area contributed by atoms with Crippen LogP contribution in [0, 0.1) is 0 Å². The SMILES string of the molecule is CC(C)OC[C@]12CO[C@@H]([C@H](C)O1)[C@@H](OC(C)C)C2. The third-order valence-electron chi connectivity index (χ3n) is 3.50. The van der Waals surface area contributed by atoms with Crippen LogP contribution in [0.2, 0.25) is 0 Å². The lowest BCUT2D eigenvalue weighted by atomic mass is 9.85. The van der Waals surface area contributed by atoms with E-state index >= 15 is 0 Å². The van der Waals surface area contributed by atoms with Crippen LogP contribution in [0.25, 0.3) is 0 Å². The van der Waals surface area contributed by atoms with Gasteiger partial charge in [0.25, 0.3) is 0 Å². The lowest BCUT2D eigenvalue weighted by molar-refractivity contribution is -0.318. The molecule has 0 amide bonds. The smallest absolute Gasteiger partial charge is 0.118 e. The van der Waals surface area contributed by atoms with Crippen molar-refractivity contribution in [3.8, 4) is 0 Å². The summed E-state index contributed by atoms with van der Waals surface area (Å²) < 4.78 is 23.7. The molecule has 3 aliphatic rings. The molecule has 0 spiro atoms. The maximum Gasteiger partial charge on any atom is 0.118 e. The zero-order chi connectivity index (χ0) is 13.3. The first-order chi connectivity index (χ1) is 8.42. The van der Waals surface area contributed by atoms with Gasteiger partial charge in [-0.3, -0.25) is 0 Å². The van der Waals surface area contributed by atoms with Gasteiger partial charge in [-0.1, -0.05) is 0 Å². The number of ether oxygens (including phenoxy) is 4. The molecule has 0 radical (unpaired) electrons. The average molecular weight is 258 g/mol. The molecule has 0 saturated carbocycles. The molecular weight excluding hydrogens is 232 g/mol. The fourth-order valence-electron chi connectivity index (χ4n) is 2.81. The minimum absolute atomic E-state index is 0.0633. The molecule has 4 atom stereocenters. The first-order valence-corrected chi connectivity index (χ1v) is 6.98. The van der Waals surface area contributed by atoms with E-state index in [4.69, 9.17) is 18.9 Å². The summed E-state index contributed by atoms with van der Waals surface area (Å²) in [7, 11) is 0. The molecule has 3 rings (SSSR count). The van der Waals surface area contributed by atoms with Crippen LogP contribution in [0.4, 0.5) is 0 Å². The summed E-state index contributed by atoms with van der Waals surface area (Å²) in [6.07, 6.45) is 1.56. The Labute approximate surface area is 110 Å². The minimum Gasteiger partial charge on any atom is -0.376 e. The topological polar surface area (TPSA) is 36.9 Å². The van der Waals surface area contributed by atoms with E-state index in [1.54, 1.807) is 0 Å². The van der Waals surface area contributed by atoms with Crippen molar-refractivity contribution in [2.45, 2.75) is 77.2 Å². The summed E-state index contributed by atoms with van der Waals surface area (Å²) in [5.74, 6) is 0. The Morgan fingerprint density at radius 1 is 1.22 bits per heavy atom. The van der Waals surface area contributed by atoms with Crippen LogP contribution >= 0.6 is 0 Å². The second kappa shape index (κ2) is 5.45. The summed E-state index contributed by atoms with van der Waals surface area (Å²) in [5.41, 5.74) is -0.321. The molecule has 0 aliphatic carbocycles. The third-order valence-corrected chi connectivity index (χ3v) is 3.50. The van der Waals surface area contributed by atoms with Gasteiger partial charge in [-0.05, 0) is 34.6 Å². The van der Waals surface area contributed by atoms with Crippen LogP contribution < -0.4 is 0 Å². The highest BCUT2D eigenvalue weighted by Gasteiger charge is 2.52. The highest BCUT2D eigenvalue weighted by molar-refractivity contribution is 5.00. The monoisotopic (exact) mass is 258 g/mol. The molecular formula is C14H26O4. The number of fused-ring (bicyclic) bond motifs is 3. The number of hydrogen-bond donors (Lipinski definition) is 0. The van der Waals surface area contributed by atoms with Crippen LogP contribution in [0.3, 0.4) is 0 Å². The van der Waals surface area contributed by atoms with Crippen LogP contribution in [0.5, 0.6) is 0 Å².